The normalized spacial score (nSPS) is 16.4. The van der Waals surface area contributed by atoms with E-state index < -0.39 is 0 Å². The van der Waals surface area contributed by atoms with E-state index in [0.717, 1.165) is 36.4 Å². The van der Waals surface area contributed by atoms with Crippen LogP contribution in [-0.2, 0) is 17.9 Å². The molecular formula is C21H23ClN4O2. The molecule has 146 valence electrons. The Labute approximate surface area is 169 Å². The van der Waals surface area contributed by atoms with E-state index in [0.29, 0.717) is 10.8 Å². The third-order valence-electron chi connectivity index (χ3n) is 5.18. The molecule has 2 aromatic carbocycles. The first-order valence-corrected chi connectivity index (χ1v) is 9.78. The van der Waals surface area contributed by atoms with E-state index in [1.54, 1.807) is 12.1 Å². The van der Waals surface area contributed by atoms with Crippen LogP contribution in [-0.4, -0.2) is 46.5 Å². The first-order chi connectivity index (χ1) is 13.6. The lowest BCUT2D eigenvalue weighted by atomic mass is 10.2. The smallest absolute Gasteiger partial charge is 0.242 e. The molecule has 1 amide bonds. The quantitative estimate of drug-likeness (QED) is 0.693. The van der Waals surface area contributed by atoms with Gasteiger partial charge in [-0.05, 0) is 49.4 Å². The van der Waals surface area contributed by atoms with E-state index in [9.17, 15) is 4.79 Å². The number of amides is 1. The number of carbonyl (C=O) groups excluding carboxylic acids is 1. The zero-order chi connectivity index (χ0) is 19.5. The molecule has 2 heterocycles. The Hall–Kier alpha value is -2.57. The summed E-state index contributed by atoms with van der Waals surface area (Å²) in [5, 5.41) is 3.97. The summed E-state index contributed by atoms with van der Waals surface area (Å²) in [7, 11) is 1.88. The van der Waals surface area contributed by atoms with Crippen molar-refractivity contribution < 1.29 is 9.53 Å². The van der Waals surface area contributed by atoms with E-state index in [1.165, 1.54) is 0 Å². The molecule has 0 aliphatic carbocycles. The molecule has 7 heteroatoms. The third-order valence-corrected chi connectivity index (χ3v) is 5.44. The van der Waals surface area contributed by atoms with Crippen LogP contribution in [0.4, 0.5) is 0 Å². The number of halogens is 1. The second-order valence-corrected chi connectivity index (χ2v) is 7.43. The van der Waals surface area contributed by atoms with Crippen LogP contribution in [0.2, 0.25) is 5.02 Å². The molecular weight excluding hydrogens is 376 g/mol. The van der Waals surface area contributed by atoms with E-state index in [2.05, 4.69) is 10.3 Å². The number of para-hydroxylation sites is 2. The van der Waals surface area contributed by atoms with E-state index in [-0.39, 0.29) is 25.1 Å². The standard InChI is InChI=1S/C21H23ClN4O2/c1-25(16-10-11-23-12-16)21(27)13-26-19-5-3-2-4-18(19)24-20(26)14-28-17-8-6-15(22)7-9-17/h2-9,16,23H,10-14H2,1H3. The average molecular weight is 399 g/mol. The molecule has 28 heavy (non-hydrogen) atoms. The van der Waals surface area contributed by atoms with Crippen molar-refractivity contribution in [1.82, 2.24) is 19.8 Å². The van der Waals surface area contributed by atoms with Gasteiger partial charge in [-0.1, -0.05) is 23.7 Å². The maximum atomic E-state index is 12.9. The predicted octanol–water partition coefficient (Wildman–Crippen LogP) is 3.09. The Morgan fingerprint density at radius 1 is 1.29 bits per heavy atom. The molecule has 0 radical (unpaired) electrons. The minimum Gasteiger partial charge on any atom is -0.486 e. The first kappa shape index (κ1) is 18.8. The van der Waals surface area contributed by atoms with E-state index >= 15 is 0 Å². The summed E-state index contributed by atoms with van der Waals surface area (Å²) in [4.78, 5) is 19.4. The molecule has 1 aromatic heterocycles. The zero-order valence-corrected chi connectivity index (χ0v) is 16.5. The molecule has 0 spiro atoms. The van der Waals surface area contributed by atoms with Crippen molar-refractivity contribution in [2.24, 2.45) is 0 Å². The van der Waals surface area contributed by atoms with Crippen molar-refractivity contribution in [2.45, 2.75) is 25.6 Å². The fraction of sp³-hybridized carbons (Fsp3) is 0.333. The van der Waals surface area contributed by atoms with Crippen LogP contribution in [0.1, 0.15) is 12.2 Å². The Morgan fingerprint density at radius 3 is 2.82 bits per heavy atom. The topological polar surface area (TPSA) is 59.4 Å². The molecule has 1 fully saturated rings. The lowest BCUT2D eigenvalue weighted by molar-refractivity contribution is -0.132. The van der Waals surface area contributed by atoms with Gasteiger partial charge >= 0.3 is 0 Å². The van der Waals surface area contributed by atoms with Gasteiger partial charge in [-0.15, -0.1) is 0 Å². The molecule has 1 saturated heterocycles. The van der Waals surface area contributed by atoms with Crippen LogP contribution < -0.4 is 10.1 Å². The van der Waals surface area contributed by atoms with Gasteiger partial charge in [0.15, 0.2) is 0 Å². The number of benzene rings is 2. The lowest BCUT2D eigenvalue weighted by Gasteiger charge is -2.24. The SMILES string of the molecule is CN(C(=O)Cn1c(COc2ccc(Cl)cc2)nc2ccccc21)C1CCNC1. The average Bonchev–Trinajstić information content (AvgIpc) is 3.36. The molecule has 1 aliphatic heterocycles. The molecule has 6 nitrogen and oxygen atoms in total. The van der Waals surface area contributed by atoms with Crippen LogP contribution in [0, 0.1) is 0 Å². The molecule has 0 bridgehead atoms. The van der Waals surface area contributed by atoms with Gasteiger partial charge in [-0.25, -0.2) is 4.98 Å². The first-order valence-electron chi connectivity index (χ1n) is 9.41. The van der Waals surface area contributed by atoms with Gasteiger partial charge in [-0.2, -0.15) is 0 Å². The number of imidazole rings is 1. The van der Waals surface area contributed by atoms with Crippen molar-refractivity contribution in [2.75, 3.05) is 20.1 Å². The number of aromatic nitrogens is 2. The highest BCUT2D eigenvalue weighted by molar-refractivity contribution is 6.30. The highest BCUT2D eigenvalue weighted by Crippen LogP contribution is 2.20. The molecule has 1 atom stereocenters. The fourth-order valence-electron chi connectivity index (χ4n) is 3.51. The predicted molar refractivity (Wildman–Crippen MR) is 110 cm³/mol. The van der Waals surface area contributed by atoms with Gasteiger partial charge < -0.3 is 19.5 Å². The number of fused-ring (bicyclic) bond motifs is 1. The Balaban J connectivity index is 1.56. The summed E-state index contributed by atoms with van der Waals surface area (Å²) in [6.07, 6.45) is 0.986. The van der Waals surface area contributed by atoms with Crippen LogP contribution in [0.25, 0.3) is 11.0 Å². The van der Waals surface area contributed by atoms with Crippen molar-refractivity contribution in [3.05, 3.63) is 59.4 Å². The van der Waals surface area contributed by atoms with Gasteiger partial charge in [0.2, 0.25) is 5.91 Å². The minimum absolute atomic E-state index is 0.0737. The number of carbonyl (C=O) groups is 1. The summed E-state index contributed by atoms with van der Waals surface area (Å²) in [6, 6.07) is 15.3. The third kappa shape index (κ3) is 3.98. The monoisotopic (exact) mass is 398 g/mol. The van der Waals surface area contributed by atoms with Crippen molar-refractivity contribution >= 4 is 28.5 Å². The summed E-state index contributed by atoms with van der Waals surface area (Å²) < 4.78 is 7.83. The van der Waals surface area contributed by atoms with Crippen molar-refractivity contribution in [3.63, 3.8) is 0 Å². The summed E-state index contributed by atoms with van der Waals surface area (Å²) in [5.74, 6) is 1.51. The Bertz CT molecular complexity index is 964. The lowest BCUT2D eigenvalue weighted by Crippen LogP contribution is -2.40. The summed E-state index contributed by atoms with van der Waals surface area (Å²) >= 11 is 5.93. The van der Waals surface area contributed by atoms with Gasteiger partial charge in [0, 0.05) is 24.7 Å². The summed E-state index contributed by atoms with van der Waals surface area (Å²) in [6.45, 7) is 2.32. The molecule has 1 aliphatic rings. The molecule has 4 rings (SSSR count). The number of hydrogen-bond donors (Lipinski definition) is 1. The Kier molecular flexibility index (Phi) is 5.50. The maximum Gasteiger partial charge on any atom is 0.242 e. The molecule has 0 saturated carbocycles. The van der Waals surface area contributed by atoms with Crippen molar-refractivity contribution in [1.29, 1.82) is 0 Å². The number of hydrogen-bond acceptors (Lipinski definition) is 4. The number of nitrogens with zero attached hydrogens (tertiary/aromatic N) is 3. The second-order valence-electron chi connectivity index (χ2n) is 7.00. The van der Waals surface area contributed by atoms with Gasteiger partial charge in [0.1, 0.15) is 24.7 Å². The minimum atomic E-state index is 0.0737. The van der Waals surface area contributed by atoms with Crippen LogP contribution in [0.3, 0.4) is 0 Å². The largest absolute Gasteiger partial charge is 0.486 e. The Morgan fingerprint density at radius 2 is 2.07 bits per heavy atom. The van der Waals surface area contributed by atoms with Crippen LogP contribution in [0.15, 0.2) is 48.5 Å². The van der Waals surface area contributed by atoms with Gasteiger partial charge in [0.05, 0.1) is 11.0 Å². The second kappa shape index (κ2) is 8.20. The van der Waals surface area contributed by atoms with Crippen molar-refractivity contribution in [3.8, 4) is 5.75 Å². The molecule has 1 N–H and O–H groups in total. The van der Waals surface area contributed by atoms with Crippen LogP contribution >= 0.6 is 11.6 Å². The molecule has 1 unspecified atom stereocenters. The number of likely N-dealkylation sites (N-methyl/N-ethyl adjacent to an activating group) is 1. The number of nitrogens with one attached hydrogen (secondary N) is 1. The number of rotatable bonds is 6. The molecule has 3 aromatic rings. The fourth-order valence-corrected chi connectivity index (χ4v) is 3.64. The number of ether oxygens (including phenoxy) is 1. The zero-order valence-electron chi connectivity index (χ0n) is 15.8. The highest BCUT2D eigenvalue weighted by atomic mass is 35.5. The van der Waals surface area contributed by atoms with Crippen LogP contribution in [0.5, 0.6) is 5.75 Å². The van der Waals surface area contributed by atoms with Gasteiger partial charge in [0.25, 0.3) is 0 Å². The van der Waals surface area contributed by atoms with E-state index in [4.69, 9.17) is 16.3 Å². The van der Waals surface area contributed by atoms with Gasteiger partial charge in [-0.3, -0.25) is 4.79 Å². The van der Waals surface area contributed by atoms with E-state index in [1.807, 2.05) is 52.9 Å². The summed E-state index contributed by atoms with van der Waals surface area (Å²) in [5.41, 5.74) is 1.79. The maximum absolute atomic E-state index is 12.9. The highest BCUT2D eigenvalue weighted by Gasteiger charge is 2.24.